The standard InChI is InChI=1S/C13H15N5O3/c1-8-11(18(19)20)12(16-13(14)15-8)17(2)9-4-6-10(21-3)7-5-9/h4-7H,1-3H3,(H2,14,15,16). The number of ether oxygens (including phenoxy) is 1. The predicted octanol–water partition coefficient (Wildman–Crippen LogP) is 2.05. The summed E-state index contributed by atoms with van der Waals surface area (Å²) in [4.78, 5) is 20.1. The quantitative estimate of drug-likeness (QED) is 0.677. The molecule has 0 fully saturated rings. The first-order chi connectivity index (χ1) is 9.93. The number of methoxy groups -OCH3 is 1. The van der Waals surface area contributed by atoms with E-state index in [1.54, 1.807) is 43.3 Å². The number of aromatic nitrogens is 2. The zero-order valence-corrected chi connectivity index (χ0v) is 11.9. The molecule has 0 amide bonds. The Morgan fingerprint density at radius 2 is 1.90 bits per heavy atom. The van der Waals surface area contributed by atoms with Crippen LogP contribution >= 0.6 is 0 Å². The van der Waals surface area contributed by atoms with Gasteiger partial charge in [0.25, 0.3) is 0 Å². The van der Waals surface area contributed by atoms with Crippen LogP contribution in [0.4, 0.5) is 23.1 Å². The van der Waals surface area contributed by atoms with Crippen LogP contribution in [0.15, 0.2) is 24.3 Å². The lowest BCUT2D eigenvalue weighted by molar-refractivity contribution is -0.385. The van der Waals surface area contributed by atoms with E-state index in [-0.39, 0.29) is 23.1 Å². The lowest BCUT2D eigenvalue weighted by Gasteiger charge is -2.19. The molecule has 8 heteroatoms. The molecule has 21 heavy (non-hydrogen) atoms. The van der Waals surface area contributed by atoms with Crippen LogP contribution in [-0.2, 0) is 0 Å². The van der Waals surface area contributed by atoms with Crippen molar-refractivity contribution in [3.8, 4) is 5.75 Å². The first-order valence-corrected chi connectivity index (χ1v) is 6.10. The normalized spacial score (nSPS) is 10.2. The molecule has 1 heterocycles. The van der Waals surface area contributed by atoms with Gasteiger partial charge in [-0.05, 0) is 31.2 Å². The fourth-order valence-corrected chi connectivity index (χ4v) is 1.95. The predicted molar refractivity (Wildman–Crippen MR) is 78.9 cm³/mol. The van der Waals surface area contributed by atoms with Crippen molar-refractivity contribution in [3.05, 3.63) is 40.1 Å². The van der Waals surface area contributed by atoms with E-state index in [0.717, 1.165) is 5.69 Å². The van der Waals surface area contributed by atoms with Crippen LogP contribution in [0.25, 0.3) is 0 Å². The molecule has 2 rings (SSSR count). The van der Waals surface area contributed by atoms with Crippen molar-refractivity contribution in [2.75, 3.05) is 24.8 Å². The molecule has 0 saturated carbocycles. The van der Waals surface area contributed by atoms with Crippen molar-refractivity contribution in [1.29, 1.82) is 0 Å². The average Bonchev–Trinajstić information content (AvgIpc) is 2.45. The second kappa shape index (κ2) is 5.61. The van der Waals surface area contributed by atoms with E-state index in [1.807, 2.05) is 0 Å². The molecule has 1 aromatic heterocycles. The van der Waals surface area contributed by atoms with Crippen LogP contribution in [-0.4, -0.2) is 29.0 Å². The Bertz CT molecular complexity index is 672. The number of nitrogen functional groups attached to an aromatic ring is 1. The van der Waals surface area contributed by atoms with Gasteiger partial charge in [-0.2, -0.15) is 4.98 Å². The van der Waals surface area contributed by atoms with Gasteiger partial charge in [0.05, 0.1) is 12.0 Å². The van der Waals surface area contributed by atoms with Crippen molar-refractivity contribution < 1.29 is 9.66 Å². The van der Waals surface area contributed by atoms with E-state index in [2.05, 4.69) is 9.97 Å². The summed E-state index contributed by atoms with van der Waals surface area (Å²) in [6.07, 6.45) is 0. The van der Waals surface area contributed by atoms with Gasteiger partial charge in [-0.15, -0.1) is 0 Å². The number of nitro groups is 1. The van der Waals surface area contributed by atoms with E-state index in [0.29, 0.717) is 5.75 Å². The highest BCUT2D eigenvalue weighted by molar-refractivity contribution is 5.70. The molecule has 110 valence electrons. The summed E-state index contributed by atoms with van der Waals surface area (Å²) in [5, 5.41) is 11.2. The van der Waals surface area contributed by atoms with Gasteiger partial charge in [-0.1, -0.05) is 0 Å². The van der Waals surface area contributed by atoms with E-state index < -0.39 is 4.92 Å². The maximum atomic E-state index is 11.2. The topological polar surface area (TPSA) is 107 Å². The number of benzene rings is 1. The summed E-state index contributed by atoms with van der Waals surface area (Å²) in [5.74, 6) is 0.837. The number of aryl methyl sites for hydroxylation is 1. The summed E-state index contributed by atoms with van der Waals surface area (Å²) >= 11 is 0. The van der Waals surface area contributed by atoms with Crippen molar-refractivity contribution in [3.63, 3.8) is 0 Å². The fourth-order valence-electron chi connectivity index (χ4n) is 1.95. The number of anilines is 3. The Kier molecular flexibility index (Phi) is 3.88. The molecule has 1 aromatic carbocycles. The minimum Gasteiger partial charge on any atom is -0.497 e. The number of nitrogens with zero attached hydrogens (tertiary/aromatic N) is 4. The van der Waals surface area contributed by atoms with Crippen LogP contribution in [0.5, 0.6) is 5.75 Å². The Labute approximate surface area is 121 Å². The van der Waals surface area contributed by atoms with Crippen LogP contribution in [0, 0.1) is 17.0 Å². The second-order valence-corrected chi connectivity index (χ2v) is 4.35. The summed E-state index contributed by atoms with van der Waals surface area (Å²) < 4.78 is 5.08. The summed E-state index contributed by atoms with van der Waals surface area (Å²) in [6, 6.07) is 7.07. The third-order valence-electron chi connectivity index (χ3n) is 3.02. The van der Waals surface area contributed by atoms with Crippen LogP contribution in [0.2, 0.25) is 0 Å². The Morgan fingerprint density at radius 3 is 2.43 bits per heavy atom. The molecule has 2 N–H and O–H groups in total. The highest BCUT2D eigenvalue weighted by atomic mass is 16.6. The summed E-state index contributed by atoms with van der Waals surface area (Å²) in [5.41, 5.74) is 6.38. The van der Waals surface area contributed by atoms with Crippen molar-refractivity contribution >= 4 is 23.1 Å². The van der Waals surface area contributed by atoms with Crippen molar-refractivity contribution in [2.45, 2.75) is 6.92 Å². The molecular weight excluding hydrogens is 274 g/mol. The van der Waals surface area contributed by atoms with E-state index in [9.17, 15) is 10.1 Å². The Morgan fingerprint density at radius 1 is 1.29 bits per heavy atom. The largest absolute Gasteiger partial charge is 0.497 e. The molecule has 0 unspecified atom stereocenters. The second-order valence-electron chi connectivity index (χ2n) is 4.35. The number of hydrogen-bond acceptors (Lipinski definition) is 7. The minimum absolute atomic E-state index is 0.00605. The Hall–Kier alpha value is -2.90. The van der Waals surface area contributed by atoms with Gasteiger partial charge in [0.1, 0.15) is 11.4 Å². The summed E-state index contributed by atoms with van der Waals surface area (Å²) in [7, 11) is 3.24. The molecule has 0 radical (unpaired) electrons. The number of nitrogens with two attached hydrogens (primary N) is 1. The van der Waals surface area contributed by atoms with Crippen molar-refractivity contribution in [1.82, 2.24) is 9.97 Å². The lowest BCUT2D eigenvalue weighted by Crippen LogP contribution is -2.16. The molecule has 0 atom stereocenters. The zero-order valence-electron chi connectivity index (χ0n) is 11.9. The van der Waals surface area contributed by atoms with E-state index in [1.165, 1.54) is 6.92 Å². The van der Waals surface area contributed by atoms with Gasteiger partial charge in [-0.3, -0.25) is 10.1 Å². The molecule has 0 aliphatic rings. The molecule has 2 aromatic rings. The molecule has 0 bridgehead atoms. The zero-order chi connectivity index (χ0) is 15.6. The fraction of sp³-hybridized carbons (Fsp3) is 0.231. The monoisotopic (exact) mass is 289 g/mol. The molecule has 0 saturated heterocycles. The highest BCUT2D eigenvalue weighted by Crippen LogP contribution is 2.33. The Balaban J connectivity index is 2.51. The highest BCUT2D eigenvalue weighted by Gasteiger charge is 2.25. The summed E-state index contributed by atoms with van der Waals surface area (Å²) in [6.45, 7) is 1.53. The van der Waals surface area contributed by atoms with Gasteiger partial charge in [0.15, 0.2) is 0 Å². The van der Waals surface area contributed by atoms with Gasteiger partial charge in [0, 0.05) is 12.7 Å². The van der Waals surface area contributed by atoms with Crippen LogP contribution in [0.3, 0.4) is 0 Å². The smallest absolute Gasteiger partial charge is 0.333 e. The number of hydrogen-bond donors (Lipinski definition) is 1. The van der Waals surface area contributed by atoms with Gasteiger partial charge >= 0.3 is 5.69 Å². The van der Waals surface area contributed by atoms with Crippen LogP contribution < -0.4 is 15.4 Å². The molecule has 0 aliphatic carbocycles. The minimum atomic E-state index is -0.510. The molecule has 8 nitrogen and oxygen atoms in total. The maximum absolute atomic E-state index is 11.2. The maximum Gasteiger partial charge on any atom is 0.333 e. The van der Waals surface area contributed by atoms with Crippen LogP contribution in [0.1, 0.15) is 5.69 Å². The average molecular weight is 289 g/mol. The SMILES string of the molecule is COc1ccc(N(C)c2nc(N)nc(C)c2[N+](=O)[O-])cc1. The lowest BCUT2D eigenvalue weighted by atomic mass is 10.2. The first-order valence-electron chi connectivity index (χ1n) is 6.10. The van der Waals surface area contributed by atoms with Gasteiger partial charge < -0.3 is 15.4 Å². The number of rotatable bonds is 4. The van der Waals surface area contributed by atoms with Gasteiger partial charge in [0.2, 0.25) is 11.8 Å². The third-order valence-corrected chi connectivity index (χ3v) is 3.02. The third kappa shape index (κ3) is 2.83. The molecular formula is C13H15N5O3. The van der Waals surface area contributed by atoms with Crippen molar-refractivity contribution in [2.24, 2.45) is 0 Å². The molecule has 0 aliphatic heterocycles. The van der Waals surface area contributed by atoms with E-state index in [4.69, 9.17) is 10.5 Å². The molecule has 0 spiro atoms. The van der Waals surface area contributed by atoms with Gasteiger partial charge in [-0.25, -0.2) is 4.98 Å². The van der Waals surface area contributed by atoms with E-state index >= 15 is 0 Å². The first kappa shape index (κ1) is 14.5.